The van der Waals surface area contributed by atoms with Crippen molar-refractivity contribution >= 4 is 16.9 Å². The average Bonchev–Trinajstić information content (AvgIpc) is 2.35. The van der Waals surface area contributed by atoms with Crippen LogP contribution in [0.2, 0.25) is 0 Å². The van der Waals surface area contributed by atoms with Gasteiger partial charge >= 0.3 is 5.97 Å². The van der Waals surface area contributed by atoms with Crippen molar-refractivity contribution in [1.82, 2.24) is 4.57 Å². The number of carboxylic acid groups (broad SMARTS) is 1. The second-order valence-electron chi connectivity index (χ2n) is 4.99. The summed E-state index contributed by atoms with van der Waals surface area (Å²) in [6.45, 7) is 3.57. The van der Waals surface area contributed by atoms with E-state index in [1.165, 1.54) is 0 Å². The molecule has 0 amide bonds. The van der Waals surface area contributed by atoms with Crippen LogP contribution in [0.15, 0.2) is 29.1 Å². The molecule has 1 aromatic heterocycles. The number of aliphatic carboxylic acids is 1. The zero-order valence-corrected chi connectivity index (χ0v) is 11.3. The number of rotatable bonds is 3. The predicted molar refractivity (Wildman–Crippen MR) is 74.4 cm³/mol. The highest BCUT2D eigenvalue weighted by Crippen LogP contribution is 2.18. The third kappa shape index (κ3) is 2.38. The number of carboxylic acids is 1. The number of hydrogen-bond donors (Lipinski definition) is 1. The molecule has 2 aromatic rings. The minimum absolute atomic E-state index is 0.116. The standard InChI is InChI=1S/C15H17NO3/c1-9-5-4-6-11-8-12(7-10(2)15(18)19)14(17)16(3)13(9)11/h4-6,8,10H,7H2,1-3H3,(H,18,19). The first kappa shape index (κ1) is 13.3. The van der Waals surface area contributed by atoms with E-state index in [0.29, 0.717) is 5.56 Å². The highest BCUT2D eigenvalue weighted by atomic mass is 16.4. The smallest absolute Gasteiger partial charge is 0.306 e. The molecule has 0 spiro atoms. The van der Waals surface area contributed by atoms with Gasteiger partial charge in [-0.1, -0.05) is 25.1 Å². The quantitative estimate of drug-likeness (QED) is 0.918. The molecule has 0 radical (unpaired) electrons. The molecular weight excluding hydrogens is 242 g/mol. The van der Waals surface area contributed by atoms with Gasteiger partial charge in [0.25, 0.3) is 5.56 Å². The summed E-state index contributed by atoms with van der Waals surface area (Å²) < 4.78 is 1.61. The Morgan fingerprint density at radius 2 is 2.11 bits per heavy atom. The molecule has 1 heterocycles. The van der Waals surface area contributed by atoms with Crippen molar-refractivity contribution in [2.75, 3.05) is 0 Å². The van der Waals surface area contributed by atoms with E-state index in [1.54, 1.807) is 18.5 Å². The maximum Gasteiger partial charge on any atom is 0.306 e. The molecule has 4 heteroatoms. The van der Waals surface area contributed by atoms with Crippen LogP contribution in [0.25, 0.3) is 10.9 Å². The van der Waals surface area contributed by atoms with E-state index in [0.717, 1.165) is 16.5 Å². The number of carbonyl (C=O) groups is 1. The van der Waals surface area contributed by atoms with E-state index in [2.05, 4.69) is 0 Å². The Hall–Kier alpha value is -2.10. The number of nitrogens with zero attached hydrogens (tertiary/aromatic N) is 1. The summed E-state index contributed by atoms with van der Waals surface area (Å²) in [5.41, 5.74) is 2.37. The fourth-order valence-corrected chi connectivity index (χ4v) is 2.39. The van der Waals surface area contributed by atoms with Crippen LogP contribution in [0.4, 0.5) is 0 Å². The van der Waals surface area contributed by atoms with Gasteiger partial charge in [0, 0.05) is 12.6 Å². The number of para-hydroxylation sites is 1. The SMILES string of the molecule is Cc1cccc2cc(CC(C)C(=O)O)c(=O)n(C)c12. The summed E-state index contributed by atoms with van der Waals surface area (Å²) in [7, 11) is 1.73. The minimum atomic E-state index is -0.883. The molecule has 1 atom stereocenters. The van der Waals surface area contributed by atoms with Crippen LogP contribution in [0.3, 0.4) is 0 Å². The molecule has 100 valence electrons. The van der Waals surface area contributed by atoms with Crippen molar-refractivity contribution in [3.63, 3.8) is 0 Å². The number of fused-ring (bicyclic) bond motifs is 1. The van der Waals surface area contributed by atoms with Crippen LogP contribution in [-0.2, 0) is 18.3 Å². The molecule has 0 saturated carbocycles. The van der Waals surface area contributed by atoms with Gasteiger partial charge in [-0.25, -0.2) is 0 Å². The van der Waals surface area contributed by atoms with Crippen LogP contribution >= 0.6 is 0 Å². The molecule has 0 bridgehead atoms. The summed E-state index contributed by atoms with van der Waals surface area (Å²) in [5.74, 6) is -1.44. The molecule has 19 heavy (non-hydrogen) atoms. The Morgan fingerprint density at radius 3 is 2.74 bits per heavy atom. The van der Waals surface area contributed by atoms with Crippen LogP contribution in [0, 0.1) is 12.8 Å². The number of benzene rings is 1. The number of aromatic nitrogens is 1. The molecule has 0 saturated heterocycles. The fraction of sp³-hybridized carbons (Fsp3) is 0.333. The first-order valence-corrected chi connectivity index (χ1v) is 6.23. The highest BCUT2D eigenvalue weighted by Gasteiger charge is 2.15. The van der Waals surface area contributed by atoms with Crippen molar-refractivity contribution in [3.05, 3.63) is 45.7 Å². The molecule has 1 N–H and O–H groups in total. The van der Waals surface area contributed by atoms with E-state index >= 15 is 0 Å². The van der Waals surface area contributed by atoms with Gasteiger partial charge in [0.2, 0.25) is 0 Å². The van der Waals surface area contributed by atoms with E-state index in [4.69, 9.17) is 5.11 Å². The van der Waals surface area contributed by atoms with E-state index in [-0.39, 0.29) is 12.0 Å². The Kier molecular flexibility index (Phi) is 3.42. The number of hydrogen-bond acceptors (Lipinski definition) is 2. The topological polar surface area (TPSA) is 59.3 Å². The van der Waals surface area contributed by atoms with Gasteiger partial charge in [0.05, 0.1) is 11.4 Å². The summed E-state index contributed by atoms with van der Waals surface area (Å²) in [6, 6.07) is 7.65. The number of pyridine rings is 1. The average molecular weight is 259 g/mol. The van der Waals surface area contributed by atoms with Gasteiger partial charge in [-0.2, -0.15) is 0 Å². The van der Waals surface area contributed by atoms with Crippen molar-refractivity contribution in [1.29, 1.82) is 0 Å². The first-order valence-electron chi connectivity index (χ1n) is 6.23. The lowest BCUT2D eigenvalue weighted by atomic mass is 10.00. The molecule has 0 aliphatic heterocycles. The molecular formula is C15H17NO3. The van der Waals surface area contributed by atoms with Gasteiger partial charge in [-0.15, -0.1) is 0 Å². The number of aryl methyl sites for hydroxylation is 2. The van der Waals surface area contributed by atoms with E-state index in [9.17, 15) is 9.59 Å². The summed E-state index contributed by atoms with van der Waals surface area (Å²) >= 11 is 0. The maximum atomic E-state index is 12.3. The summed E-state index contributed by atoms with van der Waals surface area (Å²) in [6.07, 6.45) is 0.256. The zero-order valence-electron chi connectivity index (χ0n) is 11.3. The molecule has 1 aromatic carbocycles. The zero-order chi connectivity index (χ0) is 14.2. The molecule has 2 rings (SSSR count). The fourth-order valence-electron chi connectivity index (χ4n) is 2.39. The van der Waals surface area contributed by atoms with Gasteiger partial charge in [-0.05, 0) is 30.4 Å². The third-order valence-electron chi connectivity index (χ3n) is 3.46. The normalized spacial score (nSPS) is 12.6. The Balaban J connectivity index is 2.62. The maximum absolute atomic E-state index is 12.3. The van der Waals surface area contributed by atoms with Crippen molar-refractivity contribution < 1.29 is 9.90 Å². The third-order valence-corrected chi connectivity index (χ3v) is 3.46. The monoisotopic (exact) mass is 259 g/mol. The lowest BCUT2D eigenvalue weighted by Gasteiger charge is -2.12. The Labute approximate surface area is 111 Å². The second-order valence-corrected chi connectivity index (χ2v) is 4.99. The summed E-state index contributed by atoms with van der Waals surface area (Å²) in [4.78, 5) is 23.2. The molecule has 0 aliphatic rings. The minimum Gasteiger partial charge on any atom is -0.481 e. The van der Waals surface area contributed by atoms with Gasteiger partial charge in [0.1, 0.15) is 0 Å². The van der Waals surface area contributed by atoms with Crippen LogP contribution in [0.1, 0.15) is 18.1 Å². The lowest BCUT2D eigenvalue weighted by Crippen LogP contribution is -2.25. The molecule has 4 nitrogen and oxygen atoms in total. The van der Waals surface area contributed by atoms with Crippen molar-refractivity contribution in [2.24, 2.45) is 13.0 Å². The molecule has 0 fully saturated rings. The first-order chi connectivity index (χ1) is 8.91. The molecule has 0 aliphatic carbocycles. The summed E-state index contributed by atoms with van der Waals surface area (Å²) in [5, 5.41) is 9.92. The van der Waals surface area contributed by atoms with Crippen LogP contribution in [0.5, 0.6) is 0 Å². The van der Waals surface area contributed by atoms with Gasteiger partial charge < -0.3 is 9.67 Å². The lowest BCUT2D eigenvalue weighted by molar-refractivity contribution is -0.141. The largest absolute Gasteiger partial charge is 0.481 e. The second kappa shape index (κ2) is 4.88. The van der Waals surface area contributed by atoms with E-state index in [1.807, 2.05) is 31.2 Å². The predicted octanol–water partition coefficient (Wildman–Crippen LogP) is 2.11. The van der Waals surface area contributed by atoms with Gasteiger partial charge in [0.15, 0.2) is 0 Å². The van der Waals surface area contributed by atoms with Crippen LogP contribution in [-0.4, -0.2) is 15.6 Å². The Bertz CT molecular complexity index is 700. The molecule has 1 unspecified atom stereocenters. The highest BCUT2D eigenvalue weighted by molar-refractivity contribution is 5.82. The van der Waals surface area contributed by atoms with Crippen molar-refractivity contribution in [2.45, 2.75) is 20.3 Å². The Morgan fingerprint density at radius 1 is 1.42 bits per heavy atom. The van der Waals surface area contributed by atoms with Gasteiger partial charge in [-0.3, -0.25) is 9.59 Å². The van der Waals surface area contributed by atoms with Crippen LogP contribution < -0.4 is 5.56 Å². The van der Waals surface area contributed by atoms with E-state index < -0.39 is 11.9 Å². The van der Waals surface area contributed by atoms with Crippen molar-refractivity contribution in [3.8, 4) is 0 Å².